The summed E-state index contributed by atoms with van der Waals surface area (Å²) in [6.07, 6.45) is 0. The Morgan fingerprint density at radius 2 is 1.86 bits per heavy atom. The second-order valence-corrected chi connectivity index (χ2v) is 8.38. The van der Waals surface area contributed by atoms with E-state index in [1.807, 2.05) is 36.1 Å². The minimum absolute atomic E-state index is 0.0388. The number of ether oxygens (including phenoxy) is 1. The molecule has 1 aliphatic rings. The fraction of sp³-hybridized carbons (Fsp3) is 0.364. The lowest BCUT2D eigenvalue weighted by Crippen LogP contribution is -2.50. The van der Waals surface area contributed by atoms with Crippen LogP contribution in [0.2, 0.25) is 0 Å². The largest absolute Gasteiger partial charge is 0.484 e. The van der Waals surface area contributed by atoms with Gasteiger partial charge in [-0.1, -0.05) is 29.5 Å². The van der Waals surface area contributed by atoms with Crippen LogP contribution in [0.5, 0.6) is 5.75 Å². The zero-order valence-corrected chi connectivity index (χ0v) is 17.4. The van der Waals surface area contributed by atoms with Gasteiger partial charge in [-0.05, 0) is 55.7 Å². The van der Waals surface area contributed by atoms with Crippen LogP contribution in [0.4, 0.5) is 5.13 Å². The number of carbonyl (C=O) groups is 1. The van der Waals surface area contributed by atoms with Gasteiger partial charge in [-0.15, -0.1) is 0 Å². The van der Waals surface area contributed by atoms with Crippen LogP contribution in [0.3, 0.4) is 0 Å². The van der Waals surface area contributed by atoms with Gasteiger partial charge in [0.05, 0.1) is 10.2 Å². The third-order valence-electron chi connectivity index (χ3n) is 5.06. The van der Waals surface area contributed by atoms with E-state index < -0.39 is 0 Å². The Morgan fingerprint density at radius 3 is 2.61 bits per heavy atom. The molecule has 1 saturated heterocycles. The molecule has 0 saturated carbocycles. The highest BCUT2D eigenvalue weighted by Crippen LogP contribution is 2.32. The maximum atomic E-state index is 12.5. The Labute approximate surface area is 169 Å². The normalized spacial score (nSPS) is 14.5. The molecule has 2 heterocycles. The Morgan fingerprint density at radius 1 is 1.07 bits per heavy atom. The molecule has 1 aliphatic heterocycles. The predicted molar refractivity (Wildman–Crippen MR) is 115 cm³/mol. The lowest BCUT2D eigenvalue weighted by atomic mass is 10.1. The minimum Gasteiger partial charge on any atom is -0.484 e. The van der Waals surface area contributed by atoms with E-state index in [0.717, 1.165) is 35.1 Å². The van der Waals surface area contributed by atoms with Crippen molar-refractivity contribution in [2.45, 2.75) is 20.8 Å². The molecule has 3 aromatic rings. The van der Waals surface area contributed by atoms with E-state index in [9.17, 15) is 4.79 Å². The molecular formula is C22H25N3O2S. The number of hydrogen-bond donors (Lipinski definition) is 0. The van der Waals surface area contributed by atoms with Gasteiger partial charge in [0.25, 0.3) is 5.91 Å². The summed E-state index contributed by atoms with van der Waals surface area (Å²) in [6.45, 7) is 9.34. The van der Waals surface area contributed by atoms with Crippen molar-refractivity contribution in [3.63, 3.8) is 0 Å². The van der Waals surface area contributed by atoms with Gasteiger partial charge >= 0.3 is 0 Å². The standard InChI is InChI=1S/C22H25N3O2S/c1-15-5-4-6-18(12-15)27-14-20(26)24-7-9-25(10-8-24)22-23-19-13-16(2)11-17(3)21(19)28-22/h4-6,11-13H,7-10,14H2,1-3H3. The first-order valence-corrected chi connectivity index (χ1v) is 10.4. The number of carbonyl (C=O) groups excluding carboxylic acids is 1. The topological polar surface area (TPSA) is 45.7 Å². The average Bonchev–Trinajstić information content (AvgIpc) is 3.11. The molecule has 0 aliphatic carbocycles. The lowest BCUT2D eigenvalue weighted by Gasteiger charge is -2.34. The van der Waals surface area contributed by atoms with E-state index in [-0.39, 0.29) is 12.5 Å². The molecule has 5 nitrogen and oxygen atoms in total. The molecule has 1 aromatic heterocycles. The Kier molecular flexibility index (Phi) is 5.22. The fourth-order valence-corrected chi connectivity index (χ4v) is 4.66. The van der Waals surface area contributed by atoms with Crippen molar-refractivity contribution >= 4 is 32.6 Å². The highest BCUT2D eigenvalue weighted by atomic mass is 32.1. The van der Waals surface area contributed by atoms with Gasteiger partial charge in [-0.2, -0.15) is 0 Å². The molecule has 0 unspecified atom stereocenters. The highest BCUT2D eigenvalue weighted by Gasteiger charge is 2.23. The molecule has 0 N–H and O–H groups in total. The van der Waals surface area contributed by atoms with Crippen molar-refractivity contribution in [3.8, 4) is 5.75 Å². The summed E-state index contributed by atoms with van der Waals surface area (Å²) in [5.74, 6) is 0.782. The van der Waals surface area contributed by atoms with Crippen LogP contribution in [0.25, 0.3) is 10.2 Å². The van der Waals surface area contributed by atoms with Gasteiger partial charge in [0.2, 0.25) is 0 Å². The second kappa shape index (κ2) is 7.80. The van der Waals surface area contributed by atoms with Gasteiger partial charge in [0.15, 0.2) is 11.7 Å². The van der Waals surface area contributed by atoms with Crippen LogP contribution < -0.4 is 9.64 Å². The summed E-state index contributed by atoms with van der Waals surface area (Å²) < 4.78 is 6.92. The van der Waals surface area contributed by atoms with Gasteiger partial charge in [0, 0.05) is 26.2 Å². The molecule has 0 radical (unpaired) electrons. The summed E-state index contributed by atoms with van der Waals surface area (Å²) >= 11 is 1.74. The number of aromatic nitrogens is 1. The molecule has 0 atom stereocenters. The van der Waals surface area contributed by atoms with Crippen LogP contribution in [0.15, 0.2) is 36.4 Å². The SMILES string of the molecule is Cc1cccc(OCC(=O)N2CCN(c3nc4cc(C)cc(C)c4s3)CC2)c1. The fourth-order valence-electron chi connectivity index (χ4n) is 3.59. The molecule has 0 bridgehead atoms. The zero-order valence-electron chi connectivity index (χ0n) is 16.6. The maximum Gasteiger partial charge on any atom is 0.260 e. The van der Waals surface area contributed by atoms with Gasteiger partial charge in [0.1, 0.15) is 5.75 Å². The van der Waals surface area contributed by atoms with Crippen LogP contribution in [0.1, 0.15) is 16.7 Å². The van der Waals surface area contributed by atoms with Crippen molar-refractivity contribution in [1.29, 1.82) is 0 Å². The van der Waals surface area contributed by atoms with E-state index in [0.29, 0.717) is 13.1 Å². The van der Waals surface area contributed by atoms with Gasteiger partial charge in [-0.25, -0.2) is 4.98 Å². The van der Waals surface area contributed by atoms with Crippen molar-refractivity contribution in [3.05, 3.63) is 53.1 Å². The lowest BCUT2D eigenvalue weighted by molar-refractivity contribution is -0.133. The minimum atomic E-state index is 0.0388. The molecule has 28 heavy (non-hydrogen) atoms. The summed E-state index contributed by atoms with van der Waals surface area (Å²) in [6, 6.07) is 12.1. The molecular weight excluding hydrogens is 370 g/mol. The number of fused-ring (bicyclic) bond motifs is 1. The number of anilines is 1. The molecule has 6 heteroatoms. The summed E-state index contributed by atoms with van der Waals surface area (Å²) in [7, 11) is 0. The van der Waals surface area contributed by atoms with Crippen LogP contribution in [-0.2, 0) is 4.79 Å². The quantitative estimate of drug-likeness (QED) is 0.671. The third-order valence-corrected chi connectivity index (χ3v) is 6.33. The number of benzene rings is 2. The Balaban J connectivity index is 1.35. The second-order valence-electron chi connectivity index (χ2n) is 7.40. The van der Waals surface area contributed by atoms with Crippen molar-refractivity contribution < 1.29 is 9.53 Å². The average molecular weight is 396 g/mol. The van der Waals surface area contributed by atoms with E-state index in [1.165, 1.54) is 15.8 Å². The molecule has 2 aromatic carbocycles. The number of rotatable bonds is 4. The Hall–Kier alpha value is -2.60. The first-order valence-electron chi connectivity index (χ1n) is 9.59. The van der Waals surface area contributed by atoms with Crippen LogP contribution in [-0.4, -0.2) is 48.6 Å². The molecule has 1 amide bonds. The number of hydrogen-bond acceptors (Lipinski definition) is 5. The number of nitrogens with zero attached hydrogens (tertiary/aromatic N) is 3. The van der Waals surface area contributed by atoms with Crippen molar-refractivity contribution in [2.24, 2.45) is 0 Å². The number of thiazole rings is 1. The van der Waals surface area contributed by atoms with Crippen LogP contribution in [0, 0.1) is 20.8 Å². The maximum absolute atomic E-state index is 12.5. The Bertz CT molecular complexity index is 1010. The molecule has 146 valence electrons. The monoisotopic (exact) mass is 395 g/mol. The van der Waals surface area contributed by atoms with Crippen molar-refractivity contribution in [2.75, 3.05) is 37.7 Å². The number of piperazine rings is 1. The summed E-state index contributed by atoms with van der Waals surface area (Å²) in [4.78, 5) is 21.5. The first kappa shape index (κ1) is 18.7. The smallest absolute Gasteiger partial charge is 0.260 e. The van der Waals surface area contributed by atoms with E-state index in [4.69, 9.17) is 9.72 Å². The van der Waals surface area contributed by atoms with Crippen LogP contribution >= 0.6 is 11.3 Å². The predicted octanol–water partition coefficient (Wildman–Crippen LogP) is 3.95. The number of amides is 1. The molecule has 4 rings (SSSR count). The van der Waals surface area contributed by atoms with Gasteiger partial charge < -0.3 is 14.5 Å². The van der Waals surface area contributed by atoms with E-state index in [2.05, 4.69) is 30.9 Å². The molecule has 0 spiro atoms. The van der Waals surface area contributed by atoms with E-state index in [1.54, 1.807) is 11.3 Å². The summed E-state index contributed by atoms with van der Waals surface area (Å²) in [5.41, 5.74) is 4.72. The van der Waals surface area contributed by atoms with Gasteiger partial charge in [-0.3, -0.25) is 4.79 Å². The van der Waals surface area contributed by atoms with E-state index >= 15 is 0 Å². The van der Waals surface area contributed by atoms with Crippen molar-refractivity contribution in [1.82, 2.24) is 9.88 Å². The zero-order chi connectivity index (χ0) is 19.7. The molecule has 1 fully saturated rings. The number of aryl methyl sites for hydroxylation is 3. The first-order chi connectivity index (χ1) is 13.5. The third kappa shape index (κ3) is 3.97. The highest BCUT2D eigenvalue weighted by molar-refractivity contribution is 7.22. The summed E-state index contributed by atoms with van der Waals surface area (Å²) in [5, 5.41) is 1.05.